The highest BCUT2D eigenvalue weighted by Crippen LogP contribution is 2.21. The van der Waals surface area contributed by atoms with Gasteiger partial charge in [-0.25, -0.2) is 9.59 Å². The van der Waals surface area contributed by atoms with Crippen molar-refractivity contribution < 1.29 is 19.4 Å². The summed E-state index contributed by atoms with van der Waals surface area (Å²) in [5.74, 6) is -0.783. The monoisotopic (exact) mass is 320 g/mol. The van der Waals surface area contributed by atoms with Crippen molar-refractivity contribution >= 4 is 11.9 Å². The van der Waals surface area contributed by atoms with E-state index in [0.717, 1.165) is 25.7 Å². The highest BCUT2D eigenvalue weighted by atomic mass is 16.5. The van der Waals surface area contributed by atoms with Gasteiger partial charge in [-0.3, -0.25) is 0 Å². The fourth-order valence-corrected chi connectivity index (χ4v) is 2.50. The number of esters is 1. The normalized spacial score (nSPS) is 13.6. The predicted molar refractivity (Wildman–Crippen MR) is 90.7 cm³/mol. The first kappa shape index (κ1) is 19.2. The molecule has 0 radical (unpaired) electrons. The van der Waals surface area contributed by atoms with E-state index < -0.39 is 11.9 Å². The van der Waals surface area contributed by atoms with Crippen LogP contribution >= 0.6 is 0 Å². The molecule has 0 amide bonds. The Morgan fingerprint density at radius 3 is 2.22 bits per heavy atom. The zero-order chi connectivity index (χ0) is 17.4. The Balaban J connectivity index is 2.82. The lowest BCUT2D eigenvalue weighted by Gasteiger charge is -2.24. The molecule has 128 valence electrons. The molecule has 23 heavy (non-hydrogen) atoms. The molecule has 1 rings (SSSR count). The van der Waals surface area contributed by atoms with Gasteiger partial charge in [0.25, 0.3) is 0 Å². The van der Waals surface area contributed by atoms with Crippen molar-refractivity contribution in [1.82, 2.24) is 0 Å². The molecule has 0 aliphatic carbocycles. The van der Waals surface area contributed by atoms with Gasteiger partial charge in [0, 0.05) is 0 Å². The minimum atomic E-state index is -1.11. The molecule has 1 aromatic carbocycles. The number of rotatable bonds is 9. The molecular formula is C19H28O4. The van der Waals surface area contributed by atoms with Crippen molar-refractivity contribution in [1.29, 1.82) is 0 Å². The maximum Gasteiger partial charge on any atom is 0.339 e. The number of aromatic carboxylic acids is 1. The van der Waals surface area contributed by atoms with E-state index in [1.165, 1.54) is 12.1 Å². The second-order valence-corrected chi connectivity index (χ2v) is 6.50. The van der Waals surface area contributed by atoms with E-state index in [2.05, 4.69) is 27.7 Å². The van der Waals surface area contributed by atoms with Crippen LogP contribution in [0.15, 0.2) is 24.3 Å². The fourth-order valence-electron chi connectivity index (χ4n) is 2.50. The number of hydrogen-bond acceptors (Lipinski definition) is 3. The minimum absolute atomic E-state index is 0.0115. The Morgan fingerprint density at radius 1 is 1.09 bits per heavy atom. The number of benzene rings is 1. The molecule has 0 saturated carbocycles. The van der Waals surface area contributed by atoms with E-state index in [-0.39, 0.29) is 23.1 Å². The molecule has 0 saturated heterocycles. The standard InChI is InChI=1S/C19H28O4/c1-5-14(4)17(12-8-9-13(2)3)23-19(22)16-11-7-6-10-15(16)18(20)21/h6-7,10-11,13-14,17H,5,8-9,12H2,1-4H3,(H,20,21). The topological polar surface area (TPSA) is 63.6 Å². The summed E-state index contributed by atoms with van der Waals surface area (Å²) in [7, 11) is 0. The van der Waals surface area contributed by atoms with Gasteiger partial charge in [0.05, 0.1) is 11.1 Å². The molecule has 0 aliphatic heterocycles. The van der Waals surface area contributed by atoms with E-state index in [0.29, 0.717) is 5.92 Å². The lowest BCUT2D eigenvalue weighted by atomic mass is 9.95. The van der Waals surface area contributed by atoms with Crippen molar-refractivity contribution in [3.05, 3.63) is 35.4 Å². The average Bonchev–Trinajstić information content (AvgIpc) is 2.52. The summed E-state index contributed by atoms with van der Waals surface area (Å²) in [5.41, 5.74) is 0.111. The number of carboxylic acid groups (broad SMARTS) is 1. The number of carbonyl (C=O) groups excluding carboxylic acids is 1. The van der Waals surface area contributed by atoms with Crippen LogP contribution in [0.4, 0.5) is 0 Å². The molecule has 0 aliphatic rings. The average molecular weight is 320 g/mol. The molecule has 0 fully saturated rings. The summed E-state index contributed by atoms with van der Waals surface area (Å²) in [4.78, 5) is 23.7. The van der Waals surface area contributed by atoms with Gasteiger partial charge in [0.2, 0.25) is 0 Å². The van der Waals surface area contributed by atoms with Crippen molar-refractivity contribution in [2.45, 2.75) is 59.5 Å². The molecule has 2 unspecified atom stereocenters. The van der Waals surface area contributed by atoms with E-state index in [1.54, 1.807) is 12.1 Å². The second kappa shape index (κ2) is 9.33. The lowest BCUT2D eigenvalue weighted by Crippen LogP contribution is -2.26. The van der Waals surface area contributed by atoms with E-state index in [9.17, 15) is 14.7 Å². The third-order valence-corrected chi connectivity index (χ3v) is 4.18. The Kier molecular flexibility index (Phi) is 7.79. The first-order chi connectivity index (χ1) is 10.9. The molecule has 0 bridgehead atoms. The molecule has 4 nitrogen and oxygen atoms in total. The molecule has 1 aromatic rings. The van der Waals surface area contributed by atoms with Gasteiger partial charge < -0.3 is 9.84 Å². The molecule has 0 heterocycles. The summed E-state index contributed by atoms with van der Waals surface area (Å²) < 4.78 is 5.66. The molecular weight excluding hydrogens is 292 g/mol. The van der Waals surface area contributed by atoms with Crippen molar-refractivity contribution in [2.24, 2.45) is 11.8 Å². The van der Waals surface area contributed by atoms with Crippen molar-refractivity contribution in [3.8, 4) is 0 Å². The summed E-state index contributed by atoms with van der Waals surface area (Å²) in [6, 6.07) is 6.19. The van der Waals surface area contributed by atoms with Gasteiger partial charge >= 0.3 is 11.9 Å². The maximum atomic E-state index is 12.4. The van der Waals surface area contributed by atoms with Gasteiger partial charge in [0.15, 0.2) is 0 Å². The second-order valence-electron chi connectivity index (χ2n) is 6.50. The van der Waals surface area contributed by atoms with Gasteiger partial charge in [-0.2, -0.15) is 0 Å². The molecule has 0 spiro atoms. The van der Waals surface area contributed by atoms with Crippen LogP contribution in [0.3, 0.4) is 0 Å². The smallest absolute Gasteiger partial charge is 0.339 e. The zero-order valence-corrected chi connectivity index (χ0v) is 14.5. The van der Waals surface area contributed by atoms with Gasteiger partial charge in [-0.15, -0.1) is 0 Å². The van der Waals surface area contributed by atoms with Crippen LogP contribution in [0.5, 0.6) is 0 Å². The summed E-state index contributed by atoms with van der Waals surface area (Å²) in [6.07, 6.45) is 3.65. The largest absolute Gasteiger partial charge is 0.478 e. The first-order valence-corrected chi connectivity index (χ1v) is 8.40. The fraction of sp³-hybridized carbons (Fsp3) is 0.579. The SMILES string of the molecule is CCC(C)C(CCCC(C)C)OC(=O)c1ccccc1C(=O)O. The third kappa shape index (κ3) is 6.05. The Hall–Kier alpha value is -1.84. The Labute approximate surface area is 138 Å². The van der Waals surface area contributed by atoms with Gasteiger partial charge in [0.1, 0.15) is 6.10 Å². The number of ether oxygens (including phenoxy) is 1. The van der Waals surface area contributed by atoms with Gasteiger partial charge in [-0.1, -0.05) is 52.7 Å². The zero-order valence-electron chi connectivity index (χ0n) is 14.5. The number of hydrogen-bond donors (Lipinski definition) is 1. The highest BCUT2D eigenvalue weighted by Gasteiger charge is 2.24. The van der Waals surface area contributed by atoms with E-state index in [4.69, 9.17) is 4.74 Å². The quantitative estimate of drug-likeness (QED) is 0.665. The molecule has 4 heteroatoms. The van der Waals surface area contributed by atoms with Crippen LogP contribution in [-0.2, 0) is 4.74 Å². The van der Waals surface area contributed by atoms with E-state index >= 15 is 0 Å². The van der Waals surface area contributed by atoms with Crippen molar-refractivity contribution in [3.63, 3.8) is 0 Å². The van der Waals surface area contributed by atoms with Crippen LogP contribution in [0.2, 0.25) is 0 Å². The molecule has 1 N–H and O–H groups in total. The van der Waals surface area contributed by atoms with Crippen LogP contribution < -0.4 is 0 Å². The summed E-state index contributed by atoms with van der Waals surface area (Å²) in [5, 5.41) is 9.20. The van der Waals surface area contributed by atoms with Crippen molar-refractivity contribution in [2.75, 3.05) is 0 Å². The van der Waals surface area contributed by atoms with Gasteiger partial charge in [-0.05, 0) is 36.8 Å². The lowest BCUT2D eigenvalue weighted by molar-refractivity contribution is 0.0117. The Morgan fingerprint density at radius 2 is 1.70 bits per heavy atom. The summed E-state index contributed by atoms with van der Waals surface area (Å²) in [6.45, 7) is 8.48. The maximum absolute atomic E-state index is 12.4. The van der Waals surface area contributed by atoms with Crippen LogP contribution in [0.25, 0.3) is 0 Å². The van der Waals surface area contributed by atoms with E-state index in [1.807, 2.05) is 0 Å². The highest BCUT2D eigenvalue weighted by molar-refractivity contribution is 6.02. The predicted octanol–water partition coefficient (Wildman–Crippen LogP) is 4.78. The van der Waals surface area contributed by atoms with Crippen LogP contribution in [-0.4, -0.2) is 23.1 Å². The molecule has 0 aromatic heterocycles. The third-order valence-electron chi connectivity index (χ3n) is 4.18. The molecule has 2 atom stereocenters. The first-order valence-electron chi connectivity index (χ1n) is 8.40. The number of carbonyl (C=O) groups is 2. The van der Waals surface area contributed by atoms with Crippen LogP contribution in [0.1, 0.15) is 74.1 Å². The summed E-state index contributed by atoms with van der Waals surface area (Å²) >= 11 is 0. The van der Waals surface area contributed by atoms with Crippen LogP contribution in [0, 0.1) is 11.8 Å². The number of carboxylic acids is 1. The Bertz CT molecular complexity index is 522. The minimum Gasteiger partial charge on any atom is -0.478 e.